The van der Waals surface area contributed by atoms with Crippen LogP contribution in [0.4, 0.5) is 0 Å². The van der Waals surface area contributed by atoms with E-state index in [4.69, 9.17) is 65.2 Å². The Bertz CT molecular complexity index is 2130. The standard InChI is InChI=1S/C12H14O6.C12H14O5.2C10H10O6.C3H8O.C2H6O2.2C2H4.CH4/c13-5-7-17-11(15)9-1-2-10(4-3-9)12(16)18-8-6-14;1-15-7-8-17-12(14)10-5-3-9(4-6-10)11(13)16-2;2*11-5-6-15-9(12)7-1-3-8(4-2-7)10(13)16-14;1-2-3-4;3-1-2-4;2*1-2;/h1-4,13-14H,5-8H2;3-6H,7-8H2,1-2H3;2*1-4,11,14H,5-6H2;4H,2-3H2,1H3;3-4H,1-2H2;2*1-2H2;1H4. The molecule has 446 valence electrons. The molecule has 0 fully saturated rings. The average Bonchev–Trinajstić information content (AvgIpc) is 3.51. The first-order valence-corrected chi connectivity index (χ1v) is 22.9. The lowest BCUT2D eigenvalue weighted by molar-refractivity contribution is -0.182. The maximum absolute atomic E-state index is 11.5. The summed E-state index contributed by atoms with van der Waals surface area (Å²) in [4.78, 5) is 96.6. The Morgan fingerprint density at radius 1 is 0.325 bits per heavy atom. The van der Waals surface area contributed by atoms with Gasteiger partial charge >= 0.3 is 47.8 Å². The summed E-state index contributed by atoms with van der Waals surface area (Å²) in [5.41, 5.74) is 2.03. The number of benzene rings is 4. The fraction of sp³-hybridized carbons (Fsp3) is 0.333. The van der Waals surface area contributed by atoms with Gasteiger partial charge in [-0.1, -0.05) is 14.4 Å². The summed E-state index contributed by atoms with van der Waals surface area (Å²) in [5, 5.41) is 73.2. The SMILES string of the molecule is C.C=C.C=C.CCCO.COCCOC(=O)c1ccc(C(=O)OC)cc1.O=C(OCCO)c1ccc(C(=O)OCCO)cc1.O=C(OO)c1ccc(C(=O)OCCO)cc1.O=C(OO)c1ccc(C(=O)OCCO)cc1.OCCO. The van der Waals surface area contributed by atoms with E-state index >= 15 is 0 Å². The van der Waals surface area contributed by atoms with E-state index in [1.54, 1.807) is 0 Å². The second kappa shape index (κ2) is 55.5. The number of carbonyl (C=O) groups is 8. The molecule has 26 nitrogen and oxygen atoms in total. The van der Waals surface area contributed by atoms with Gasteiger partial charge in [0.2, 0.25) is 0 Å². The maximum atomic E-state index is 11.5. The van der Waals surface area contributed by atoms with Crippen molar-refractivity contribution >= 4 is 47.8 Å². The van der Waals surface area contributed by atoms with Crippen molar-refractivity contribution in [2.45, 2.75) is 20.8 Å². The molecule has 0 saturated heterocycles. The van der Waals surface area contributed by atoms with Crippen molar-refractivity contribution in [2.24, 2.45) is 0 Å². The van der Waals surface area contributed by atoms with E-state index in [0.717, 1.165) is 6.42 Å². The minimum absolute atomic E-state index is 0. The molecule has 80 heavy (non-hydrogen) atoms. The summed E-state index contributed by atoms with van der Waals surface area (Å²) < 4.78 is 32.9. The molecule has 4 aromatic rings. The van der Waals surface area contributed by atoms with Gasteiger partial charge in [-0.3, -0.25) is 9.78 Å². The van der Waals surface area contributed by atoms with Crippen molar-refractivity contribution in [3.63, 3.8) is 0 Å². The van der Waals surface area contributed by atoms with Crippen LogP contribution in [0.1, 0.15) is 104 Å². The molecular formula is C54H74O26. The number of aliphatic hydroxyl groups is 7. The lowest BCUT2D eigenvalue weighted by Crippen LogP contribution is -2.11. The van der Waals surface area contributed by atoms with Gasteiger partial charge in [0.15, 0.2) is 0 Å². The highest BCUT2D eigenvalue weighted by molar-refractivity contribution is 5.95. The number of ether oxygens (including phenoxy) is 7. The third kappa shape index (κ3) is 38.3. The molecule has 0 radical (unpaired) electrons. The quantitative estimate of drug-likeness (QED) is 0.0143. The minimum atomic E-state index is -0.907. The first-order chi connectivity index (χ1) is 38.1. The average molecular weight is 1140 g/mol. The lowest BCUT2D eigenvalue weighted by atomic mass is 10.1. The minimum Gasteiger partial charge on any atom is -0.465 e. The van der Waals surface area contributed by atoms with Crippen LogP contribution in [0.15, 0.2) is 123 Å². The molecule has 0 aliphatic rings. The fourth-order valence-corrected chi connectivity index (χ4v) is 4.38. The molecule has 0 atom stereocenters. The van der Waals surface area contributed by atoms with Crippen LogP contribution in [0.5, 0.6) is 0 Å². The van der Waals surface area contributed by atoms with Crippen molar-refractivity contribution in [2.75, 3.05) is 100 Å². The van der Waals surface area contributed by atoms with Gasteiger partial charge in [0.1, 0.15) is 33.0 Å². The Labute approximate surface area is 463 Å². The molecule has 0 bridgehead atoms. The topological polar surface area (TPSA) is 402 Å². The van der Waals surface area contributed by atoms with E-state index in [9.17, 15) is 38.4 Å². The van der Waals surface area contributed by atoms with Gasteiger partial charge in [-0.15, -0.1) is 26.3 Å². The zero-order chi connectivity index (χ0) is 60.8. The van der Waals surface area contributed by atoms with Crippen LogP contribution >= 0.6 is 0 Å². The molecule has 0 saturated carbocycles. The molecule has 0 unspecified atom stereocenters. The summed E-state index contributed by atoms with van der Waals surface area (Å²) >= 11 is 0. The van der Waals surface area contributed by atoms with Crippen LogP contribution in [0.25, 0.3) is 0 Å². The van der Waals surface area contributed by atoms with Gasteiger partial charge in [-0.05, 0) is 103 Å². The van der Waals surface area contributed by atoms with E-state index in [1.165, 1.54) is 111 Å². The maximum Gasteiger partial charge on any atom is 0.372 e. The highest BCUT2D eigenvalue weighted by Gasteiger charge is 2.14. The number of carbonyl (C=O) groups excluding carboxylic acids is 8. The van der Waals surface area contributed by atoms with E-state index in [2.05, 4.69) is 50.3 Å². The van der Waals surface area contributed by atoms with Gasteiger partial charge < -0.3 is 68.9 Å². The van der Waals surface area contributed by atoms with Gasteiger partial charge in [0.25, 0.3) is 0 Å². The molecule has 4 aromatic carbocycles. The van der Waals surface area contributed by atoms with Gasteiger partial charge in [0, 0.05) is 13.7 Å². The Morgan fingerprint density at radius 3 is 0.662 bits per heavy atom. The van der Waals surface area contributed by atoms with E-state index in [0.29, 0.717) is 24.3 Å². The van der Waals surface area contributed by atoms with Crippen molar-refractivity contribution < 1.29 is 128 Å². The van der Waals surface area contributed by atoms with E-state index in [-0.39, 0.29) is 113 Å². The Hall–Kier alpha value is -8.28. The molecule has 0 spiro atoms. The van der Waals surface area contributed by atoms with E-state index < -0.39 is 47.8 Å². The summed E-state index contributed by atoms with van der Waals surface area (Å²) in [6.07, 6.45) is 0.875. The predicted octanol–water partition coefficient (Wildman–Crippen LogP) is 3.79. The van der Waals surface area contributed by atoms with Gasteiger partial charge in [-0.2, -0.15) is 10.5 Å². The van der Waals surface area contributed by atoms with Crippen molar-refractivity contribution in [3.05, 3.63) is 168 Å². The lowest BCUT2D eigenvalue weighted by Gasteiger charge is -2.05. The van der Waals surface area contributed by atoms with Gasteiger partial charge in [0.05, 0.1) is 97.9 Å². The van der Waals surface area contributed by atoms with E-state index in [1.807, 2.05) is 6.92 Å². The second-order valence-corrected chi connectivity index (χ2v) is 13.3. The van der Waals surface area contributed by atoms with Crippen LogP contribution in [0.2, 0.25) is 0 Å². The number of aliphatic hydroxyl groups excluding tert-OH is 7. The first-order valence-electron chi connectivity index (χ1n) is 22.9. The van der Waals surface area contributed by atoms with Crippen molar-refractivity contribution in [1.29, 1.82) is 0 Å². The highest BCUT2D eigenvalue weighted by atomic mass is 17.1. The zero-order valence-electron chi connectivity index (χ0n) is 43.9. The van der Waals surface area contributed by atoms with Crippen LogP contribution < -0.4 is 0 Å². The first kappa shape index (κ1) is 80.6. The molecule has 0 amide bonds. The second-order valence-electron chi connectivity index (χ2n) is 13.3. The zero-order valence-corrected chi connectivity index (χ0v) is 43.9. The van der Waals surface area contributed by atoms with Crippen LogP contribution in [-0.4, -0.2) is 194 Å². The summed E-state index contributed by atoms with van der Waals surface area (Å²) in [7, 11) is 2.83. The predicted molar refractivity (Wildman–Crippen MR) is 286 cm³/mol. The molecular weight excluding hydrogens is 1060 g/mol. The third-order valence-electron chi connectivity index (χ3n) is 7.92. The Kier molecular flexibility index (Phi) is 55.9. The highest BCUT2D eigenvalue weighted by Crippen LogP contribution is 2.11. The van der Waals surface area contributed by atoms with Crippen molar-refractivity contribution in [3.8, 4) is 0 Å². The number of hydrogen-bond acceptors (Lipinski definition) is 26. The Balaban J connectivity index is -0.000000291. The van der Waals surface area contributed by atoms with Crippen LogP contribution in [-0.2, 0) is 42.9 Å². The van der Waals surface area contributed by atoms with Gasteiger partial charge in [-0.25, -0.2) is 38.4 Å². The monoisotopic (exact) mass is 1140 g/mol. The summed E-state index contributed by atoms with van der Waals surface area (Å²) in [6, 6.07) is 22.4. The fourth-order valence-electron chi connectivity index (χ4n) is 4.38. The molecule has 0 aromatic heterocycles. The normalized spacial score (nSPS) is 9.00. The molecule has 26 heteroatoms. The van der Waals surface area contributed by atoms with Crippen LogP contribution in [0.3, 0.4) is 0 Å². The largest absolute Gasteiger partial charge is 0.465 e. The Morgan fingerprint density at radius 2 is 0.512 bits per heavy atom. The molecule has 0 aliphatic carbocycles. The van der Waals surface area contributed by atoms with Crippen molar-refractivity contribution in [1.82, 2.24) is 0 Å². The molecule has 0 aliphatic heterocycles. The third-order valence-corrected chi connectivity index (χ3v) is 7.92. The smallest absolute Gasteiger partial charge is 0.372 e. The molecule has 0 heterocycles. The summed E-state index contributed by atoms with van der Waals surface area (Å²) in [5.74, 6) is -5.04. The molecule has 4 rings (SSSR count). The number of esters is 6. The van der Waals surface area contributed by atoms with Crippen LogP contribution in [0, 0.1) is 0 Å². The number of hydrogen-bond donors (Lipinski definition) is 9. The molecule has 9 N–H and O–H groups in total. The number of rotatable bonds is 21. The summed E-state index contributed by atoms with van der Waals surface area (Å²) in [6.45, 7) is 13.3. The number of methoxy groups -OCH3 is 2.